The van der Waals surface area contributed by atoms with E-state index in [1.807, 2.05) is 26.0 Å². The van der Waals surface area contributed by atoms with Gasteiger partial charge < -0.3 is 20.3 Å². The number of carbonyl (C=O) groups excluding carboxylic acids is 3. The highest BCUT2D eigenvalue weighted by atomic mass is 32.2. The van der Waals surface area contributed by atoms with Crippen LogP contribution in [0.25, 0.3) is 0 Å². The summed E-state index contributed by atoms with van der Waals surface area (Å²) in [7, 11) is -3.83. The van der Waals surface area contributed by atoms with Gasteiger partial charge in [-0.1, -0.05) is 24.6 Å². The molecule has 10 nitrogen and oxygen atoms in total. The van der Waals surface area contributed by atoms with Crippen LogP contribution in [0.3, 0.4) is 0 Å². The summed E-state index contributed by atoms with van der Waals surface area (Å²) >= 11 is 0. The fourth-order valence-corrected chi connectivity index (χ4v) is 5.41. The van der Waals surface area contributed by atoms with E-state index >= 15 is 0 Å². The standard InChI is InChI=1S/C24H28N4O6S/c1-3-20-24(31)26-19-14-18(8-9-21(19)34-20)35(32,33)28-12-10-27(11-13-28)22(29)15-25-23(30)17-6-4-16(2)5-7-17/h4-9,14,20H,3,10-13,15H2,1-2H3,(H,25,30)(H,26,31)/t20-/m1/s1. The Morgan fingerprint density at radius 3 is 2.43 bits per heavy atom. The minimum Gasteiger partial charge on any atom is -0.478 e. The maximum atomic E-state index is 13.2. The van der Waals surface area contributed by atoms with Crippen LogP contribution in [0.2, 0.25) is 0 Å². The quantitative estimate of drug-likeness (QED) is 0.617. The molecule has 3 amide bonds. The van der Waals surface area contributed by atoms with E-state index in [1.165, 1.54) is 21.3 Å². The summed E-state index contributed by atoms with van der Waals surface area (Å²) in [6, 6.07) is 11.4. The van der Waals surface area contributed by atoms with Crippen molar-refractivity contribution in [3.05, 3.63) is 53.6 Å². The van der Waals surface area contributed by atoms with Crippen LogP contribution < -0.4 is 15.4 Å². The Morgan fingerprint density at radius 2 is 1.77 bits per heavy atom. The summed E-state index contributed by atoms with van der Waals surface area (Å²) < 4.78 is 33.3. The van der Waals surface area contributed by atoms with Gasteiger partial charge in [0, 0.05) is 31.7 Å². The molecule has 0 saturated carbocycles. The second-order valence-corrected chi connectivity index (χ2v) is 10.4. The van der Waals surface area contributed by atoms with E-state index in [-0.39, 0.29) is 55.3 Å². The molecule has 0 aliphatic carbocycles. The number of nitrogens with zero attached hydrogens (tertiary/aromatic N) is 2. The summed E-state index contributed by atoms with van der Waals surface area (Å²) in [4.78, 5) is 38.4. The number of rotatable bonds is 6. The Hall–Kier alpha value is -3.44. The average molecular weight is 501 g/mol. The summed E-state index contributed by atoms with van der Waals surface area (Å²) in [6.07, 6.45) is -0.0959. The van der Waals surface area contributed by atoms with Crippen LogP contribution in [0.1, 0.15) is 29.3 Å². The average Bonchev–Trinajstić information content (AvgIpc) is 2.86. The maximum Gasteiger partial charge on any atom is 0.265 e. The Balaban J connectivity index is 1.33. The Bertz CT molecular complexity index is 1240. The third-order valence-corrected chi connectivity index (χ3v) is 7.98. The van der Waals surface area contributed by atoms with Gasteiger partial charge in [0.1, 0.15) is 5.75 Å². The first-order valence-electron chi connectivity index (χ1n) is 11.4. The van der Waals surface area contributed by atoms with Crippen LogP contribution in [0.5, 0.6) is 5.75 Å². The van der Waals surface area contributed by atoms with Crippen LogP contribution in [-0.4, -0.2) is 74.2 Å². The van der Waals surface area contributed by atoms with Crippen molar-refractivity contribution in [2.75, 3.05) is 38.0 Å². The molecule has 2 aliphatic heterocycles. The van der Waals surface area contributed by atoms with Crippen molar-refractivity contribution in [2.24, 2.45) is 0 Å². The molecule has 186 valence electrons. The number of benzene rings is 2. The molecule has 0 unspecified atom stereocenters. The largest absolute Gasteiger partial charge is 0.478 e. The summed E-state index contributed by atoms with van der Waals surface area (Å²) in [5, 5.41) is 5.32. The fourth-order valence-electron chi connectivity index (χ4n) is 3.96. The topological polar surface area (TPSA) is 125 Å². The van der Waals surface area contributed by atoms with Gasteiger partial charge in [-0.05, 0) is 43.7 Å². The van der Waals surface area contributed by atoms with Crippen molar-refractivity contribution in [3.63, 3.8) is 0 Å². The Morgan fingerprint density at radius 1 is 1.09 bits per heavy atom. The van der Waals surface area contributed by atoms with Crippen molar-refractivity contribution in [2.45, 2.75) is 31.3 Å². The van der Waals surface area contributed by atoms with Gasteiger partial charge in [-0.3, -0.25) is 14.4 Å². The normalized spacial score (nSPS) is 18.3. The third-order valence-electron chi connectivity index (χ3n) is 6.08. The highest BCUT2D eigenvalue weighted by molar-refractivity contribution is 7.89. The number of ether oxygens (including phenoxy) is 1. The number of aryl methyl sites for hydroxylation is 1. The van der Waals surface area contributed by atoms with Gasteiger partial charge >= 0.3 is 0 Å². The minimum atomic E-state index is -3.83. The molecule has 11 heteroatoms. The summed E-state index contributed by atoms with van der Waals surface area (Å²) in [6.45, 7) is 4.25. The van der Waals surface area contributed by atoms with E-state index in [0.717, 1.165) is 5.56 Å². The van der Waals surface area contributed by atoms with Gasteiger partial charge in [0.15, 0.2) is 6.10 Å². The summed E-state index contributed by atoms with van der Waals surface area (Å²) in [5.74, 6) is -0.496. The molecule has 0 spiro atoms. The number of hydrogen-bond acceptors (Lipinski definition) is 6. The molecule has 2 heterocycles. The molecule has 4 rings (SSSR count). The van der Waals surface area contributed by atoms with E-state index in [0.29, 0.717) is 23.4 Å². The van der Waals surface area contributed by atoms with Crippen molar-refractivity contribution >= 4 is 33.4 Å². The van der Waals surface area contributed by atoms with E-state index in [1.54, 1.807) is 18.2 Å². The second-order valence-electron chi connectivity index (χ2n) is 8.50. The zero-order chi connectivity index (χ0) is 25.2. The van der Waals surface area contributed by atoms with Gasteiger partial charge in [-0.25, -0.2) is 8.42 Å². The molecule has 2 aromatic carbocycles. The van der Waals surface area contributed by atoms with Crippen molar-refractivity contribution in [1.29, 1.82) is 0 Å². The van der Waals surface area contributed by atoms with Crippen molar-refractivity contribution in [1.82, 2.24) is 14.5 Å². The lowest BCUT2D eigenvalue weighted by Crippen LogP contribution is -2.52. The molecule has 1 fully saturated rings. The monoisotopic (exact) mass is 500 g/mol. The van der Waals surface area contributed by atoms with Gasteiger partial charge in [0.2, 0.25) is 15.9 Å². The first kappa shape index (κ1) is 24.7. The van der Waals surface area contributed by atoms with E-state index in [9.17, 15) is 22.8 Å². The predicted molar refractivity (Wildman–Crippen MR) is 129 cm³/mol. The second kappa shape index (κ2) is 10.0. The number of sulfonamides is 1. The molecule has 2 aliphatic rings. The lowest BCUT2D eigenvalue weighted by Gasteiger charge is -2.34. The lowest BCUT2D eigenvalue weighted by atomic mass is 10.1. The van der Waals surface area contributed by atoms with Crippen LogP contribution in [-0.2, 0) is 19.6 Å². The van der Waals surface area contributed by atoms with E-state index in [4.69, 9.17) is 4.74 Å². The third kappa shape index (κ3) is 5.30. The molecule has 2 aromatic rings. The number of fused-ring (bicyclic) bond motifs is 1. The number of carbonyl (C=O) groups is 3. The van der Waals surface area contributed by atoms with Gasteiger partial charge in [0.05, 0.1) is 17.1 Å². The molecule has 0 aromatic heterocycles. The highest BCUT2D eigenvalue weighted by Gasteiger charge is 2.32. The molecule has 2 N–H and O–H groups in total. The molecule has 0 bridgehead atoms. The Labute approximate surface area is 204 Å². The minimum absolute atomic E-state index is 0.0419. The van der Waals surface area contributed by atoms with E-state index < -0.39 is 16.1 Å². The molecule has 0 radical (unpaired) electrons. The lowest BCUT2D eigenvalue weighted by molar-refractivity contribution is -0.131. The fraction of sp³-hybridized carbons (Fsp3) is 0.375. The van der Waals surface area contributed by atoms with Crippen LogP contribution in [0, 0.1) is 6.92 Å². The number of hydrogen-bond donors (Lipinski definition) is 2. The van der Waals surface area contributed by atoms with E-state index in [2.05, 4.69) is 10.6 Å². The van der Waals surface area contributed by atoms with Crippen molar-refractivity contribution in [3.8, 4) is 5.75 Å². The first-order valence-corrected chi connectivity index (χ1v) is 12.9. The molecule has 35 heavy (non-hydrogen) atoms. The van der Waals surface area contributed by atoms with Crippen molar-refractivity contribution < 1.29 is 27.5 Å². The molecule has 1 atom stereocenters. The smallest absolute Gasteiger partial charge is 0.265 e. The summed E-state index contributed by atoms with van der Waals surface area (Å²) in [5.41, 5.74) is 1.82. The molecular formula is C24H28N4O6S. The van der Waals surface area contributed by atoms with Gasteiger partial charge in [-0.15, -0.1) is 0 Å². The number of amides is 3. The van der Waals surface area contributed by atoms with Gasteiger partial charge in [0.25, 0.3) is 11.8 Å². The van der Waals surface area contributed by atoms with Gasteiger partial charge in [-0.2, -0.15) is 4.31 Å². The maximum absolute atomic E-state index is 13.2. The van der Waals surface area contributed by atoms with Crippen LogP contribution in [0.15, 0.2) is 47.4 Å². The molecular weight excluding hydrogens is 472 g/mol. The number of nitrogens with one attached hydrogen (secondary N) is 2. The zero-order valence-electron chi connectivity index (χ0n) is 19.6. The Kier molecular flexibility index (Phi) is 7.08. The highest BCUT2D eigenvalue weighted by Crippen LogP contribution is 2.33. The number of anilines is 1. The predicted octanol–water partition coefficient (Wildman–Crippen LogP) is 1.37. The number of piperazine rings is 1. The zero-order valence-corrected chi connectivity index (χ0v) is 20.4. The van der Waals surface area contributed by atoms with Crippen LogP contribution in [0.4, 0.5) is 5.69 Å². The molecule has 1 saturated heterocycles. The first-order chi connectivity index (χ1) is 16.7. The SMILES string of the molecule is CC[C@H]1Oc2ccc(S(=O)(=O)N3CCN(C(=O)CNC(=O)c4ccc(C)cc4)CC3)cc2NC1=O. The van der Waals surface area contributed by atoms with Crippen LogP contribution >= 0.6 is 0 Å².